The number of benzene rings is 1. The molecule has 2 aliphatic heterocycles. The molecule has 0 bridgehead atoms. The van der Waals surface area contributed by atoms with Gasteiger partial charge in [-0.25, -0.2) is 0 Å². The van der Waals surface area contributed by atoms with Gasteiger partial charge in [0.1, 0.15) is 0 Å². The Morgan fingerprint density at radius 1 is 1.00 bits per heavy atom. The van der Waals surface area contributed by atoms with Crippen LogP contribution in [0.5, 0.6) is 0 Å². The normalized spacial score (nSPS) is 24.9. The fraction of sp³-hybridized carbons (Fsp3) is 0.467. The standard InChI is InChI=1S/C15H19N/c1-2-6-13(7-3-1)14-9-10-15-8-4-5-11-16(15)12-14/h1-3,6-7,12,15H,4-5,8-11H2. The Bertz CT molecular complexity index is 380. The molecule has 1 nitrogen and oxygen atoms in total. The zero-order chi connectivity index (χ0) is 10.8. The van der Waals surface area contributed by atoms with E-state index >= 15 is 0 Å². The molecule has 1 unspecified atom stereocenters. The number of hydrogen-bond acceptors (Lipinski definition) is 1. The van der Waals surface area contributed by atoms with E-state index in [4.69, 9.17) is 0 Å². The predicted molar refractivity (Wildman–Crippen MR) is 68.0 cm³/mol. The van der Waals surface area contributed by atoms with Crippen LogP contribution in [0.15, 0.2) is 36.5 Å². The van der Waals surface area contributed by atoms with E-state index in [1.807, 2.05) is 0 Å². The lowest BCUT2D eigenvalue weighted by molar-refractivity contribution is 0.196. The van der Waals surface area contributed by atoms with Crippen LogP contribution in [-0.2, 0) is 0 Å². The quantitative estimate of drug-likeness (QED) is 0.688. The molecule has 84 valence electrons. The van der Waals surface area contributed by atoms with Crippen molar-refractivity contribution in [2.75, 3.05) is 6.54 Å². The Balaban J connectivity index is 1.84. The van der Waals surface area contributed by atoms with Crippen molar-refractivity contribution in [3.63, 3.8) is 0 Å². The minimum atomic E-state index is 0.834. The van der Waals surface area contributed by atoms with Gasteiger partial charge in [0.2, 0.25) is 0 Å². The predicted octanol–water partition coefficient (Wildman–Crippen LogP) is 3.68. The van der Waals surface area contributed by atoms with Crippen molar-refractivity contribution in [3.05, 3.63) is 42.1 Å². The highest BCUT2D eigenvalue weighted by Crippen LogP contribution is 2.32. The van der Waals surface area contributed by atoms with Crippen LogP contribution >= 0.6 is 0 Å². The van der Waals surface area contributed by atoms with Crippen LogP contribution in [0.25, 0.3) is 5.57 Å². The van der Waals surface area contributed by atoms with Crippen LogP contribution in [0.2, 0.25) is 0 Å². The molecule has 0 spiro atoms. The number of allylic oxidation sites excluding steroid dienone is 1. The summed E-state index contributed by atoms with van der Waals surface area (Å²) in [5.74, 6) is 0. The lowest BCUT2D eigenvalue weighted by Crippen LogP contribution is -2.37. The Morgan fingerprint density at radius 3 is 2.75 bits per heavy atom. The van der Waals surface area contributed by atoms with E-state index in [-0.39, 0.29) is 0 Å². The third kappa shape index (κ3) is 1.87. The van der Waals surface area contributed by atoms with Crippen molar-refractivity contribution >= 4 is 5.57 Å². The summed E-state index contributed by atoms with van der Waals surface area (Å²) in [7, 11) is 0. The molecule has 0 saturated carbocycles. The largest absolute Gasteiger partial charge is 0.374 e. The van der Waals surface area contributed by atoms with E-state index in [9.17, 15) is 0 Å². The maximum Gasteiger partial charge on any atom is 0.0287 e. The van der Waals surface area contributed by atoms with Gasteiger partial charge in [-0.2, -0.15) is 0 Å². The van der Waals surface area contributed by atoms with Crippen molar-refractivity contribution in [3.8, 4) is 0 Å². The van der Waals surface area contributed by atoms with Crippen LogP contribution in [-0.4, -0.2) is 17.5 Å². The van der Waals surface area contributed by atoms with Crippen molar-refractivity contribution in [1.29, 1.82) is 0 Å². The molecule has 2 heterocycles. The molecule has 1 fully saturated rings. The molecule has 2 aliphatic rings. The van der Waals surface area contributed by atoms with Crippen LogP contribution in [0.4, 0.5) is 0 Å². The number of nitrogens with zero attached hydrogens (tertiary/aromatic N) is 1. The molecule has 1 heteroatoms. The molecular formula is C15H19N. The molecular weight excluding hydrogens is 194 g/mol. The second-order valence-corrected chi connectivity index (χ2v) is 4.95. The minimum absolute atomic E-state index is 0.834. The maximum atomic E-state index is 2.58. The van der Waals surface area contributed by atoms with Gasteiger partial charge in [-0.05, 0) is 43.2 Å². The zero-order valence-electron chi connectivity index (χ0n) is 9.73. The zero-order valence-corrected chi connectivity index (χ0v) is 9.73. The fourth-order valence-corrected chi connectivity index (χ4v) is 2.96. The van der Waals surface area contributed by atoms with Crippen molar-refractivity contribution in [2.45, 2.75) is 38.1 Å². The summed E-state index contributed by atoms with van der Waals surface area (Å²) in [6.45, 7) is 1.26. The summed E-state index contributed by atoms with van der Waals surface area (Å²) in [5.41, 5.74) is 2.94. The van der Waals surface area contributed by atoms with Gasteiger partial charge < -0.3 is 4.90 Å². The number of hydrogen-bond donors (Lipinski definition) is 0. The molecule has 0 aliphatic carbocycles. The molecule has 0 amide bonds. The van der Waals surface area contributed by atoms with E-state index in [0.717, 1.165) is 6.04 Å². The van der Waals surface area contributed by atoms with Crippen LogP contribution in [0.1, 0.15) is 37.7 Å². The maximum absolute atomic E-state index is 2.58. The molecule has 1 aromatic carbocycles. The van der Waals surface area contributed by atoms with E-state index in [1.165, 1.54) is 49.8 Å². The minimum Gasteiger partial charge on any atom is -0.374 e. The number of rotatable bonds is 1. The Morgan fingerprint density at radius 2 is 1.88 bits per heavy atom. The van der Waals surface area contributed by atoms with Gasteiger partial charge in [0.05, 0.1) is 0 Å². The molecule has 1 saturated heterocycles. The van der Waals surface area contributed by atoms with Gasteiger partial charge >= 0.3 is 0 Å². The summed E-state index contributed by atoms with van der Waals surface area (Å²) in [6.07, 6.45) is 9.22. The lowest BCUT2D eigenvalue weighted by atomic mass is 9.90. The summed E-state index contributed by atoms with van der Waals surface area (Å²) >= 11 is 0. The van der Waals surface area contributed by atoms with Crippen molar-refractivity contribution in [2.24, 2.45) is 0 Å². The highest BCUT2D eigenvalue weighted by atomic mass is 15.1. The van der Waals surface area contributed by atoms with E-state index in [1.54, 1.807) is 0 Å². The third-order valence-electron chi connectivity index (χ3n) is 3.89. The first-order chi connectivity index (χ1) is 7.93. The van der Waals surface area contributed by atoms with Crippen LogP contribution in [0, 0.1) is 0 Å². The molecule has 1 aromatic rings. The van der Waals surface area contributed by atoms with Crippen LogP contribution in [0.3, 0.4) is 0 Å². The summed E-state index contributed by atoms with van der Waals surface area (Å²) in [5, 5.41) is 0. The first kappa shape index (κ1) is 9.95. The SMILES string of the molecule is C1=C(c2ccccc2)CCC2CCCCN12. The highest BCUT2D eigenvalue weighted by Gasteiger charge is 2.24. The average molecular weight is 213 g/mol. The summed E-state index contributed by atoms with van der Waals surface area (Å²) in [6, 6.07) is 11.7. The monoisotopic (exact) mass is 213 g/mol. The Labute approximate surface area is 97.8 Å². The summed E-state index contributed by atoms with van der Waals surface area (Å²) in [4.78, 5) is 2.58. The van der Waals surface area contributed by atoms with E-state index in [2.05, 4.69) is 41.4 Å². The fourth-order valence-electron chi connectivity index (χ4n) is 2.96. The third-order valence-corrected chi connectivity index (χ3v) is 3.89. The summed E-state index contributed by atoms with van der Waals surface area (Å²) < 4.78 is 0. The highest BCUT2D eigenvalue weighted by molar-refractivity contribution is 5.65. The first-order valence-corrected chi connectivity index (χ1v) is 6.45. The van der Waals surface area contributed by atoms with Crippen molar-refractivity contribution < 1.29 is 0 Å². The first-order valence-electron chi connectivity index (χ1n) is 6.45. The molecule has 0 N–H and O–H groups in total. The van der Waals surface area contributed by atoms with Gasteiger partial charge in [0.25, 0.3) is 0 Å². The molecule has 3 rings (SSSR count). The van der Waals surface area contributed by atoms with E-state index < -0.39 is 0 Å². The van der Waals surface area contributed by atoms with Crippen LogP contribution < -0.4 is 0 Å². The molecule has 0 radical (unpaired) electrons. The Hall–Kier alpha value is -1.24. The number of piperidine rings is 1. The number of fused-ring (bicyclic) bond motifs is 1. The topological polar surface area (TPSA) is 3.24 Å². The Kier molecular flexibility index (Phi) is 2.69. The molecule has 0 aromatic heterocycles. The molecule has 1 atom stereocenters. The van der Waals surface area contributed by atoms with Gasteiger partial charge in [0.15, 0.2) is 0 Å². The van der Waals surface area contributed by atoms with Crippen molar-refractivity contribution in [1.82, 2.24) is 4.90 Å². The smallest absolute Gasteiger partial charge is 0.0287 e. The molecule has 16 heavy (non-hydrogen) atoms. The average Bonchev–Trinajstić information content (AvgIpc) is 2.39. The second kappa shape index (κ2) is 4.32. The lowest BCUT2D eigenvalue weighted by Gasteiger charge is -2.39. The van der Waals surface area contributed by atoms with E-state index in [0.29, 0.717) is 0 Å². The van der Waals surface area contributed by atoms with Gasteiger partial charge in [0, 0.05) is 18.8 Å². The van der Waals surface area contributed by atoms with Gasteiger partial charge in [-0.1, -0.05) is 30.3 Å². The second-order valence-electron chi connectivity index (χ2n) is 4.95. The van der Waals surface area contributed by atoms with Gasteiger partial charge in [-0.15, -0.1) is 0 Å². The van der Waals surface area contributed by atoms with Gasteiger partial charge in [-0.3, -0.25) is 0 Å².